The average molecular weight is 309 g/mol. The number of fused-ring (bicyclic) bond motifs is 1. The van der Waals surface area contributed by atoms with Crippen LogP contribution >= 0.6 is 0 Å². The lowest BCUT2D eigenvalue weighted by molar-refractivity contribution is -0.168. The molecule has 1 aliphatic rings. The summed E-state index contributed by atoms with van der Waals surface area (Å²) < 4.78 is 0. The first-order chi connectivity index (χ1) is 11.1. The van der Waals surface area contributed by atoms with Gasteiger partial charge in [0.25, 0.3) is 11.8 Å². The van der Waals surface area contributed by atoms with Gasteiger partial charge >= 0.3 is 5.97 Å². The fourth-order valence-corrected chi connectivity index (χ4v) is 2.54. The van der Waals surface area contributed by atoms with Gasteiger partial charge in [0.1, 0.15) is 0 Å². The Kier molecular flexibility index (Phi) is 3.93. The van der Waals surface area contributed by atoms with E-state index >= 15 is 0 Å². The van der Waals surface area contributed by atoms with E-state index in [0.717, 1.165) is 5.56 Å². The van der Waals surface area contributed by atoms with Gasteiger partial charge in [-0.05, 0) is 23.6 Å². The van der Waals surface area contributed by atoms with E-state index < -0.39 is 17.8 Å². The number of carbonyl (C=O) groups excluding carboxylic acids is 3. The summed E-state index contributed by atoms with van der Waals surface area (Å²) in [6, 6.07) is 15.9. The highest BCUT2D eigenvalue weighted by Gasteiger charge is 2.38. The van der Waals surface area contributed by atoms with Crippen molar-refractivity contribution >= 4 is 17.8 Å². The third-order valence-electron chi connectivity index (χ3n) is 3.79. The second-order valence-electron chi connectivity index (χ2n) is 5.43. The van der Waals surface area contributed by atoms with Crippen molar-refractivity contribution in [3.8, 4) is 0 Å². The van der Waals surface area contributed by atoms with Gasteiger partial charge in [0, 0.05) is 0 Å². The molecule has 2 aromatic rings. The van der Waals surface area contributed by atoms with Gasteiger partial charge in [0.15, 0.2) is 0 Å². The van der Waals surface area contributed by atoms with Gasteiger partial charge in [-0.3, -0.25) is 9.59 Å². The molecule has 0 fully saturated rings. The van der Waals surface area contributed by atoms with Crippen LogP contribution in [0.25, 0.3) is 0 Å². The standard InChI is InChI=1S/C18H15NO4/c1-12(13-7-3-2-4-8-13)11-16(20)23-19-17(21)14-9-5-6-10-15(14)18(19)22/h2-10,12H,11H2,1H3. The van der Waals surface area contributed by atoms with Crippen LogP contribution in [0, 0.1) is 0 Å². The Hall–Kier alpha value is -2.95. The van der Waals surface area contributed by atoms with Crippen molar-refractivity contribution < 1.29 is 19.2 Å². The highest BCUT2D eigenvalue weighted by atomic mass is 16.7. The third-order valence-corrected chi connectivity index (χ3v) is 3.79. The molecular formula is C18H15NO4. The molecule has 0 saturated carbocycles. The first-order valence-corrected chi connectivity index (χ1v) is 7.31. The Labute approximate surface area is 133 Å². The van der Waals surface area contributed by atoms with Gasteiger partial charge < -0.3 is 4.84 Å². The zero-order chi connectivity index (χ0) is 16.4. The summed E-state index contributed by atoms with van der Waals surface area (Å²) in [6.45, 7) is 1.89. The van der Waals surface area contributed by atoms with Crippen LogP contribution < -0.4 is 0 Å². The predicted molar refractivity (Wildman–Crippen MR) is 82.5 cm³/mol. The molecule has 116 valence electrons. The molecule has 0 bridgehead atoms. The van der Waals surface area contributed by atoms with Crippen molar-refractivity contribution in [1.29, 1.82) is 0 Å². The lowest BCUT2D eigenvalue weighted by Crippen LogP contribution is -2.33. The van der Waals surface area contributed by atoms with E-state index in [-0.39, 0.29) is 23.5 Å². The van der Waals surface area contributed by atoms with Gasteiger partial charge in [0.05, 0.1) is 17.5 Å². The molecule has 5 nitrogen and oxygen atoms in total. The van der Waals surface area contributed by atoms with Crippen molar-refractivity contribution in [2.45, 2.75) is 19.3 Å². The molecule has 2 aromatic carbocycles. The number of hydrogen-bond acceptors (Lipinski definition) is 4. The maximum atomic E-state index is 12.1. The normalized spacial score (nSPS) is 14.6. The summed E-state index contributed by atoms with van der Waals surface area (Å²) in [5.74, 6) is -1.90. The lowest BCUT2D eigenvalue weighted by Gasteiger charge is -2.15. The van der Waals surface area contributed by atoms with Crippen LogP contribution in [-0.2, 0) is 9.63 Å². The van der Waals surface area contributed by atoms with Crippen LogP contribution in [0.5, 0.6) is 0 Å². The Morgan fingerprint density at radius 1 is 0.957 bits per heavy atom. The Bertz CT molecular complexity index is 735. The molecule has 0 spiro atoms. The van der Waals surface area contributed by atoms with E-state index in [9.17, 15) is 14.4 Å². The fourth-order valence-electron chi connectivity index (χ4n) is 2.54. The van der Waals surface area contributed by atoms with E-state index in [0.29, 0.717) is 5.06 Å². The minimum absolute atomic E-state index is 0.0705. The Morgan fingerprint density at radius 2 is 1.48 bits per heavy atom. The highest BCUT2D eigenvalue weighted by molar-refractivity contribution is 6.20. The number of rotatable bonds is 4. The van der Waals surface area contributed by atoms with Crippen LogP contribution in [0.4, 0.5) is 0 Å². The van der Waals surface area contributed by atoms with Crippen molar-refractivity contribution in [3.63, 3.8) is 0 Å². The van der Waals surface area contributed by atoms with Crippen LogP contribution in [0.2, 0.25) is 0 Å². The molecule has 0 N–H and O–H groups in total. The van der Waals surface area contributed by atoms with Crippen LogP contribution in [0.1, 0.15) is 45.5 Å². The van der Waals surface area contributed by atoms with E-state index in [1.54, 1.807) is 12.1 Å². The summed E-state index contributed by atoms with van der Waals surface area (Å²) in [6.07, 6.45) is 0.0808. The molecule has 0 aliphatic carbocycles. The number of nitrogens with zero attached hydrogens (tertiary/aromatic N) is 1. The van der Waals surface area contributed by atoms with Crippen LogP contribution in [-0.4, -0.2) is 22.8 Å². The summed E-state index contributed by atoms with van der Waals surface area (Å²) in [4.78, 5) is 41.3. The van der Waals surface area contributed by atoms with E-state index in [1.807, 2.05) is 37.3 Å². The number of benzene rings is 2. The van der Waals surface area contributed by atoms with Crippen molar-refractivity contribution in [2.24, 2.45) is 0 Å². The quantitative estimate of drug-likeness (QED) is 0.815. The molecule has 3 rings (SSSR count). The third kappa shape index (κ3) is 2.85. The van der Waals surface area contributed by atoms with E-state index in [1.165, 1.54) is 12.1 Å². The molecule has 1 aliphatic heterocycles. The largest absolute Gasteiger partial charge is 0.333 e. The van der Waals surface area contributed by atoms with Crippen molar-refractivity contribution in [3.05, 3.63) is 71.3 Å². The molecule has 1 heterocycles. The van der Waals surface area contributed by atoms with Crippen LogP contribution in [0.15, 0.2) is 54.6 Å². The fraction of sp³-hybridized carbons (Fsp3) is 0.167. The molecule has 0 saturated heterocycles. The van der Waals surface area contributed by atoms with Gasteiger partial charge in [0.2, 0.25) is 0 Å². The zero-order valence-corrected chi connectivity index (χ0v) is 12.6. The second kappa shape index (κ2) is 6.04. The summed E-state index contributed by atoms with van der Waals surface area (Å²) >= 11 is 0. The molecule has 23 heavy (non-hydrogen) atoms. The molecule has 0 radical (unpaired) electrons. The zero-order valence-electron chi connectivity index (χ0n) is 12.6. The summed E-state index contributed by atoms with van der Waals surface area (Å²) in [7, 11) is 0. The maximum Gasteiger partial charge on any atom is 0.333 e. The van der Waals surface area contributed by atoms with Crippen molar-refractivity contribution in [1.82, 2.24) is 5.06 Å². The van der Waals surface area contributed by atoms with Gasteiger partial charge in [-0.1, -0.05) is 54.5 Å². The number of imide groups is 1. The molecule has 2 amide bonds. The predicted octanol–water partition coefficient (Wildman–Crippen LogP) is 2.93. The SMILES string of the molecule is CC(CC(=O)ON1C(=O)c2ccccc2C1=O)c1ccccc1. The lowest BCUT2D eigenvalue weighted by atomic mass is 9.98. The first kappa shape index (κ1) is 15.0. The van der Waals surface area contributed by atoms with E-state index in [2.05, 4.69) is 0 Å². The Balaban J connectivity index is 1.68. The minimum Gasteiger partial charge on any atom is -0.330 e. The molecule has 0 aromatic heterocycles. The second-order valence-corrected chi connectivity index (χ2v) is 5.43. The van der Waals surface area contributed by atoms with Gasteiger partial charge in [-0.15, -0.1) is 0 Å². The minimum atomic E-state index is -0.615. The topological polar surface area (TPSA) is 63.7 Å². The maximum absolute atomic E-state index is 12.1. The number of amides is 2. The molecular weight excluding hydrogens is 294 g/mol. The summed E-state index contributed by atoms with van der Waals surface area (Å²) in [5.41, 5.74) is 1.50. The average Bonchev–Trinajstić information content (AvgIpc) is 2.81. The van der Waals surface area contributed by atoms with Gasteiger partial charge in [-0.25, -0.2) is 4.79 Å². The van der Waals surface area contributed by atoms with Crippen LogP contribution in [0.3, 0.4) is 0 Å². The summed E-state index contributed by atoms with van der Waals surface area (Å²) in [5, 5.41) is 0.546. The van der Waals surface area contributed by atoms with E-state index in [4.69, 9.17) is 4.84 Å². The van der Waals surface area contributed by atoms with Crippen molar-refractivity contribution in [2.75, 3.05) is 0 Å². The first-order valence-electron chi connectivity index (χ1n) is 7.31. The number of hydroxylamine groups is 2. The highest BCUT2D eigenvalue weighted by Crippen LogP contribution is 2.24. The molecule has 1 atom stereocenters. The smallest absolute Gasteiger partial charge is 0.330 e. The van der Waals surface area contributed by atoms with Gasteiger partial charge in [-0.2, -0.15) is 0 Å². The molecule has 5 heteroatoms. The molecule has 1 unspecified atom stereocenters. The number of carbonyl (C=O) groups is 3. The number of hydrogen-bond donors (Lipinski definition) is 0. The monoisotopic (exact) mass is 309 g/mol. The Morgan fingerprint density at radius 3 is 2.04 bits per heavy atom.